The van der Waals surface area contributed by atoms with Gasteiger partial charge in [0.2, 0.25) is 0 Å². The summed E-state index contributed by atoms with van der Waals surface area (Å²) in [7, 11) is -2.03. The Balaban J connectivity index is 4.70. The Morgan fingerprint density at radius 1 is 0.405 bits per heavy atom. The van der Waals surface area contributed by atoms with Gasteiger partial charge in [-0.05, 0) is 0 Å². The molecule has 0 amide bonds. The zero-order valence-corrected chi connectivity index (χ0v) is 30.4. The third-order valence-electron chi connectivity index (χ3n) is 9.92. The summed E-state index contributed by atoms with van der Waals surface area (Å²) >= 11 is 0. The van der Waals surface area contributed by atoms with Crippen LogP contribution in [0.3, 0.4) is 0 Å². The first kappa shape index (κ1) is 41.4. The van der Waals surface area contributed by atoms with Crippen molar-refractivity contribution in [3.05, 3.63) is 11.8 Å². The minimum absolute atomic E-state index is 0.658. The third-order valence-corrected chi connectivity index (χ3v) is 15.4. The fraction of sp³-hybridized carbons (Fsp3) is 0.923. The van der Waals surface area contributed by atoms with E-state index in [1.165, 1.54) is 211 Å². The van der Waals surface area contributed by atoms with E-state index in [2.05, 4.69) is 27.4 Å². The summed E-state index contributed by atoms with van der Waals surface area (Å²) in [5.41, 5.74) is 0. The second kappa shape index (κ2) is 31.8. The topological polar surface area (TPSA) is 37.3 Å². The number of rotatable bonds is 35. The van der Waals surface area contributed by atoms with Crippen molar-refractivity contribution >= 4 is 14.0 Å². The molecular weight excluding hydrogens is 529 g/mol. The number of hydrogen-bond donors (Lipinski definition) is 1. The molecule has 0 aromatic carbocycles. The summed E-state index contributed by atoms with van der Waals surface area (Å²) in [6.45, 7) is 11.1. The van der Waals surface area contributed by atoms with Crippen LogP contribution in [0.1, 0.15) is 213 Å². The van der Waals surface area contributed by atoms with Crippen LogP contribution in [-0.2, 0) is 4.79 Å². The SMILES string of the molecule is C=C(C(=O)O)[Si](CCCCCCCCCCCC)(CCCCCCCCCCCC)CCCCCCCCCCCC. The molecule has 2 nitrogen and oxygen atoms in total. The largest absolute Gasteiger partial charge is 0.478 e. The number of unbranched alkanes of at least 4 members (excludes halogenated alkanes) is 27. The molecular formula is C39H78O2Si. The molecule has 3 heteroatoms. The number of hydrogen-bond acceptors (Lipinski definition) is 1. The van der Waals surface area contributed by atoms with Gasteiger partial charge in [-0.1, -0.05) is 238 Å². The van der Waals surface area contributed by atoms with Gasteiger partial charge in [-0.2, -0.15) is 0 Å². The highest BCUT2D eigenvalue weighted by atomic mass is 28.3. The Morgan fingerprint density at radius 3 is 0.786 bits per heavy atom. The van der Waals surface area contributed by atoms with Gasteiger partial charge in [-0.3, -0.25) is 0 Å². The molecule has 1 N–H and O–H groups in total. The van der Waals surface area contributed by atoms with Crippen molar-refractivity contribution in [1.29, 1.82) is 0 Å². The van der Waals surface area contributed by atoms with Crippen LogP contribution in [0.25, 0.3) is 0 Å². The Hall–Kier alpha value is -0.573. The number of carboxylic acids is 1. The molecule has 0 radical (unpaired) electrons. The summed E-state index contributed by atoms with van der Waals surface area (Å²) in [6.07, 6.45) is 40.5. The maximum absolute atomic E-state index is 12.3. The van der Waals surface area contributed by atoms with Crippen LogP contribution in [0.4, 0.5) is 0 Å². The normalized spacial score (nSPS) is 11.8. The molecule has 42 heavy (non-hydrogen) atoms. The van der Waals surface area contributed by atoms with Crippen LogP contribution < -0.4 is 0 Å². The first-order valence-electron chi connectivity index (χ1n) is 19.5. The zero-order chi connectivity index (χ0) is 31.0. The van der Waals surface area contributed by atoms with E-state index in [0.29, 0.717) is 5.20 Å². The molecule has 0 atom stereocenters. The molecule has 0 unspecified atom stereocenters. The van der Waals surface area contributed by atoms with E-state index >= 15 is 0 Å². The quantitative estimate of drug-likeness (QED) is 0.0442. The second-order valence-electron chi connectivity index (χ2n) is 13.9. The summed E-state index contributed by atoms with van der Waals surface area (Å²) < 4.78 is 0. The second-order valence-corrected chi connectivity index (χ2v) is 18.5. The first-order valence-corrected chi connectivity index (χ1v) is 22.1. The van der Waals surface area contributed by atoms with Crippen LogP contribution in [-0.4, -0.2) is 19.1 Å². The molecule has 0 saturated carbocycles. The van der Waals surface area contributed by atoms with Crippen LogP contribution in [0.15, 0.2) is 11.8 Å². The molecule has 0 spiro atoms. The Bertz CT molecular complexity index is 527. The minimum Gasteiger partial charge on any atom is -0.478 e. The summed E-state index contributed by atoms with van der Waals surface area (Å²) in [5, 5.41) is 10.8. The summed E-state index contributed by atoms with van der Waals surface area (Å²) in [6, 6.07) is 3.51. The lowest BCUT2D eigenvalue weighted by Crippen LogP contribution is -2.40. The van der Waals surface area contributed by atoms with E-state index in [9.17, 15) is 9.90 Å². The predicted molar refractivity (Wildman–Crippen MR) is 192 cm³/mol. The lowest BCUT2D eigenvalue weighted by Gasteiger charge is -2.32. The summed E-state index contributed by atoms with van der Waals surface area (Å²) in [4.78, 5) is 12.3. The van der Waals surface area contributed by atoms with E-state index < -0.39 is 14.0 Å². The van der Waals surface area contributed by atoms with Gasteiger partial charge in [-0.25, -0.2) is 4.79 Å². The molecule has 0 rings (SSSR count). The zero-order valence-electron chi connectivity index (χ0n) is 29.4. The number of carboxylic acid groups (broad SMARTS) is 1. The molecule has 0 aliphatic carbocycles. The smallest absolute Gasteiger partial charge is 0.326 e. The van der Waals surface area contributed by atoms with E-state index in [-0.39, 0.29) is 0 Å². The van der Waals surface area contributed by atoms with Crippen LogP contribution >= 0.6 is 0 Å². The Morgan fingerprint density at radius 2 is 0.595 bits per heavy atom. The van der Waals surface area contributed by atoms with Crippen molar-refractivity contribution in [2.75, 3.05) is 0 Å². The van der Waals surface area contributed by atoms with Crippen LogP contribution in [0.2, 0.25) is 18.1 Å². The van der Waals surface area contributed by atoms with Crippen LogP contribution in [0.5, 0.6) is 0 Å². The molecule has 0 fully saturated rings. The standard InChI is InChI=1S/C39H78O2Si/c1-5-8-11-14-17-20-23-26-29-32-35-42(38(4)39(40)41,36-33-30-27-24-21-18-15-12-9-6-2)37-34-31-28-25-22-19-16-13-10-7-3/h4-37H2,1-3H3,(H,40,41). The Labute approximate surface area is 266 Å². The monoisotopic (exact) mass is 607 g/mol. The van der Waals surface area contributed by atoms with Gasteiger partial charge in [0.05, 0.1) is 8.07 Å². The van der Waals surface area contributed by atoms with Crippen molar-refractivity contribution in [3.63, 3.8) is 0 Å². The molecule has 0 bridgehead atoms. The van der Waals surface area contributed by atoms with E-state index in [0.717, 1.165) is 0 Å². The van der Waals surface area contributed by atoms with Gasteiger partial charge in [0, 0.05) is 5.20 Å². The van der Waals surface area contributed by atoms with Crippen molar-refractivity contribution in [1.82, 2.24) is 0 Å². The lowest BCUT2D eigenvalue weighted by atomic mass is 10.1. The average molecular weight is 607 g/mol. The molecule has 0 aliphatic rings. The highest BCUT2D eigenvalue weighted by Crippen LogP contribution is 2.35. The fourth-order valence-electron chi connectivity index (χ4n) is 6.91. The maximum Gasteiger partial charge on any atom is 0.326 e. The van der Waals surface area contributed by atoms with Crippen LogP contribution in [0, 0.1) is 0 Å². The van der Waals surface area contributed by atoms with Gasteiger partial charge in [0.1, 0.15) is 0 Å². The average Bonchev–Trinajstić information content (AvgIpc) is 2.99. The van der Waals surface area contributed by atoms with Gasteiger partial charge >= 0.3 is 5.97 Å². The molecule has 0 aliphatic heterocycles. The van der Waals surface area contributed by atoms with E-state index in [4.69, 9.17) is 0 Å². The first-order chi connectivity index (χ1) is 20.5. The molecule has 0 saturated heterocycles. The van der Waals surface area contributed by atoms with Gasteiger partial charge in [-0.15, -0.1) is 0 Å². The van der Waals surface area contributed by atoms with Crippen molar-refractivity contribution in [2.24, 2.45) is 0 Å². The van der Waals surface area contributed by atoms with Crippen molar-refractivity contribution < 1.29 is 9.90 Å². The predicted octanol–water partition coefficient (Wildman–Crippen LogP) is 14.4. The van der Waals surface area contributed by atoms with Gasteiger partial charge in [0.25, 0.3) is 0 Å². The van der Waals surface area contributed by atoms with E-state index in [1.54, 1.807) is 0 Å². The lowest BCUT2D eigenvalue weighted by molar-refractivity contribution is -0.132. The highest BCUT2D eigenvalue weighted by Gasteiger charge is 2.37. The third kappa shape index (κ3) is 24.8. The molecule has 0 heterocycles. The highest BCUT2D eigenvalue weighted by molar-refractivity contribution is 6.90. The Kier molecular flexibility index (Phi) is 31.4. The van der Waals surface area contributed by atoms with Crippen molar-refractivity contribution in [2.45, 2.75) is 232 Å². The molecule has 250 valence electrons. The van der Waals surface area contributed by atoms with Gasteiger partial charge < -0.3 is 5.11 Å². The van der Waals surface area contributed by atoms with E-state index in [1.807, 2.05) is 0 Å². The van der Waals surface area contributed by atoms with Crippen molar-refractivity contribution in [3.8, 4) is 0 Å². The summed E-state index contributed by atoms with van der Waals surface area (Å²) in [5.74, 6) is -0.687. The number of carbonyl (C=O) groups is 1. The fourth-order valence-corrected chi connectivity index (χ4v) is 11.8. The number of aliphatic carboxylic acids is 1. The minimum atomic E-state index is -2.03. The molecule has 0 aromatic rings. The molecule has 0 aromatic heterocycles. The van der Waals surface area contributed by atoms with Gasteiger partial charge in [0.15, 0.2) is 0 Å². The maximum atomic E-state index is 12.3.